The molecule has 0 bridgehead atoms. The molecule has 0 saturated heterocycles. The van der Waals surface area contributed by atoms with Crippen molar-refractivity contribution in [2.75, 3.05) is 12.4 Å². The van der Waals surface area contributed by atoms with E-state index in [1.807, 2.05) is 28.9 Å². The van der Waals surface area contributed by atoms with Gasteiger partial charge in [0.1, 0.15) is 11.8 Å². The molecule has 2 heterocycles. The largest absolute Gasteiger partial charge is 0.497 e. The number of benzene rings is 2. The van der Waals surface area contributed by atoms with Crippen LogP contribution in [0.2, 0.25) is 0 Å². The van der Waals surface area contributed by atoms with Gasteiger partial charge in [-0.1, -0.05) is 57.2 Å². The predicted octanol–water partition coefficient (Wildman–Crippen LogP) is 5.27. The van der Waals surface area contributed by atoms with Crippen LogP contribution in [0.25, 0.3) is 11.4 Å². The van der Waals surface area contributed by atoms with Gasteiger partial charge in [0.2, 0.25) is 5.95 Å². The average molecular weight is 429 g/mol. The summed E-state index contributed by atoms with van der Waals surface area (Å²) in [5.41, 5.74) is 5.02. The van der Waals surface area contributed by atoms with Gasteiger partial charge in [0.05, 0.1) is 7.11 Å². The minimum atomic E-state index is -0.320. The van der Waals surface area contributed by atoms with Crippen molar-refractivity contribution >= 4 is 11.7 Å². The third-order valence-electron chi connectivity index (χ3n) is 6.29. The van der Waals surface area contributed by atoms with Gasteiger partial charge in [-0.15, -0.1) is 5.10 Å². The summed E-state index contributed by atoms with van der Waals surface area (Å²) in [4.78, 5) is 17.8. The lowest BCUT2D eigenvalue weighted by molar-refractivity contribution is -0.116. The molecule has 6 nitrogen and oxygen atoms in total. The molecule has 2 aliphatic rings. The summed E-state index contributed by atoms with van der Waals surface area (Å²) >= 11 is 0. The van der Waals surface area contributed by atoms with Crippen LogP contribution in [0.5, 0.6) is 5.75 Å². The van der Waals surface area contributed by atoms with E-state index in [2.05, 4.69) is 50.4 Å². The van der Waals surface area contributed by atoms with Crippen molar-refractivity contribution in [3.8, 4) is 17.1 Å². The number of ether oxygens (including phenoxy) is 1. The zero-order valence-corrected chi connectivity index (χ0v) is 19.0. The highest BCUT2D eigenvalue weighted by Gasteiger charge is 2.37. The van der Waals surface area contributed by atoms with Crippen molar-refractivity contribution in [3.05, 3.63) is 70.9 Å². The smallest absolute Gasteiger partial charge is 0.226 e. The molecule has 3 aromatic rings. The van der Waals surface area contributed by atoms with Gasteiger partial charge in [-0.25, -0.2) is 4.68 Å². The Morgan fingerprint density at radius 3 is 2.59 bits per heavy atom. The van der Waals surface area contributed by atoms with Gasteiger partial charge in [0.25, 0.3) is 0 Å². The molecule has 0 fully saturated rings. The highest BCUT2D eigenvalue weighted by molar-refractivity contribution is 5.99. The van der Waals surface area contributed by atoms with E-state index in [4.69, 9.17) is 14.8 Å². The number of nitrogens with zero attached hydrogens (tertiary/aromatic N) is 3. The molecule has 1 aromatic heterocycles. The molecule has 164 valence electrons. The summed E-state index contributed by atoms with van der Waals surface area (Å²) in [5, 5.41) is 8.27. The van der Waals surface area contributed by atoms with E-state index in [0.717, 1.165) is 41.0 Å². The molecule has 0 amide bonds. The lowest BCUT2D eigenvalue weighted by Crippen LogP contribution is -2.31. The van der Waals surface area contributed by atoms with Crippen molar-refractivity contribution in [2.45, 2.75) is 51.5 Å². The maximum absolute atomic E-state index is 13.0. The molecule has 2 aromatic carbocycles. The first kappa shape index (κ1) is 20.5. The van der Waals surface area contributed by atoms with Gasteiger partial charge >= 0.3 is 0 Å². The van der Waals surface area contributed by atoms with Gasteiger partial charge in [0, 0.05) is 23.3 Å². The summed E-state index contributed by atoms with van der Waals surface area (Å²) < 4.78 is 7.30. The summed E-state index contributed by atoms with van der Waals surface area (Å²) in [6.45, 7) is 6.60. The quantitative estimate of drug-likeness (QED) is 0.615. The molecule has 1 N–H and O–H groups in total. The van der Waals surface area contributed by atoms with E-state index in [1.54, 1.807) is 7.11 Å². The molecule has 1 unspecified atom stereocenters. The monoisotopic (exact) mass is 428 g/mol. The molecule has 6 heteroatoms. The van der Waals surface area contributed by atoms with E-state index in [-0.39, 0.29) is 17.2 Å². The molecule has 0 spiro atoms. The Kier molecular flexibility index (Phi) is 4.88. The minimum Gasteiger partial charge on any atom is -0.497 e. The van der Waals surface area contributed by atoms with Crippen molar-refractivity contribution < 1.29 is 9.53 Å². The fourth-order valence-corrected chi connectivity index (χ4v) is 4.52. The molecule has 1 aliphatic carbocycles. The fraction of sp³-hybridized carbons (Fsp3) is 0.346. The Bertz CT molecular complexity index is 1220. The van der Waals surface area contributed by atoms with E-state index in [9.17, 15) is 4.79 Å². The summed E-state index contributed by atoms with van der Waals surface area (Å²) in [6.07, 6.45) is 2.25. The topological polar surface area (TPSA) is 69.0 Å². The number of allylic oxidation sites excluding steroid dienone is 2. The second-order valence-corrected chi connectivity index (χ2v) is 9.50. The third-order valence-corrected chi connectivity index (χ3v) is 6.29. The van der Waals surface area contributed by atoms with Crippen molar-refractivity contribution in [1.29, 1.82) is 0 Å². The van der Waals surface area contributed by atoms with Crippen molar-refractivity contribution in [2.24, 2.45) is 0 Å². The maximum Gasteiger partial charge on any atom is 0.226 e. The molecular formula is C26H28N4O2. The van der Waals surface area contributed by atoms with Crippen LogP contribution in [0.15, 0.2) is 59.8 Å². The number of carbonyl (C=O) groups excluding carboxylic acids is 1. The summed E-state index contributed by atoms with van der Waals surface area (Å²) in [7, 11) is 1.65. The van der Waals surface area contributed by atoms with Gasteiger partial charge in [-0.3, -0.25) is 4.79 Å². The number of methoxy groups -OCH3 is 1. The number of nitrogens with one attached hydrogen (secondary N) is 1. The number of anilines is 1. The first-order chi connectivity index (χ1) is 15.3. The van der Waals surface area contributed by atoms with Gasteiger partial charge in [-0.2, -0.15) is 4.98 Å². The van der Waals surface area contributed by atoms with Gasteiger partial charge in [-0.05, 0) is 41.5 Å². The Morgan fingerprint density at radius 2 is 1.88 bits per heavy atom. The number of aromatic nitrogens is 3. The number of Topliss-reactive ketones (excluding diaryl/α,β-unsaturated/α-hetero) is 1. The lowest BCUT2D eigenvalue weighted by atomic mass is 9.85. The SMILES string of the molecule is COc1cccc(C2C3=C(CCCC3=O)Nc3nc(-c4ccc(C(C)(C)C)cc4)nn32)c1. The summed E-state index contributed by atoms with van der Waals surface area (Å²) in [6, 6.07) is 15.9. The number of hydrogen-bond acceptors (Lipinski definition) is 5. The third kappa shape index (κ3) is 3.49. The molecule has 0 saturated carbocycles. The van der Waals surface area contributed by atoms with E-state index >= 15 is 0 Å². The number of rotatable bonds is 3. The molecule has 1 atom stereocenters. The minimum absolute atomic E-state index is 0.0851. The molecule has 32 heavy (non-hydrogen) atoms. The summed E-state index contributed by atoms with van der Waals surface area (Å²) in [5.74, 6) is 2.24. The maximum atomic E-state index is 13.0. The zero-order valence-electron chi connectivity index (χ0n) is 19.0. The number of ketones is 1. The van der Waals surface area contributed by atoms with Crippen molar-refractivity contribution in [3.63, 3.8) is 0 Å². The molecule has 0 radical (unpaired) electrons. The van der Waals surface area contributed by atoms with Crippen molar-refractivity contribution in [1.82, 2.24) is 14.8 Å². The molecule has 1 aliphatic heterocycles. The molecular weight excluding hydrogens is 400 g/mol. The Morgan fingerprint density at radius 1 is 1.09 bits per heavy atom. The van der Waals surface area contributed by atoms with Crippen LogP contribution < -0.4 is 10.1 Å². The van der Waals surface area contributed by atoms with Crippen LogP contribution in [-0.4, -0.2) is 27.7 Å². The Hall–Kier alpha value is -3.41. The van der Waals surface area contributed by atoms with Crippen LogP contribution in [0.1, 0.15) is 57.2 Å². The Labute approximate surface area is 188 Å². The zero-order chi connectivity index (χ0) is 22.5. The predicted molar refractivity (Wildman–Crippen MR) is 125 cm³/mol. The van der Waals surface area contributed by atoms with Gasteiger partial charge in [0.15, 0.2) is 11.6 Å². The number of carbonyl (C=O) groups is 1. The van der Waals surface area contributed by atoms with Crippen LogP contribution in [-0.2, 0) is 10.2 Å². The average Bonchev–Trinajstić information content (AvgIpc) is 3.21. The van der Waals surface area contributed by atoms with E-state index in [1.165, 1.54) is 5.56 Å². The van der Waals surface area contributed by atoms with Crippen LogP contribution >= 0.6 is 0 Å². The Balaban J connectivity index is 1.61. The standard InChI is InChI=1S/C26H28N4O2/c1-26(2,3)18-13-11-16(12-14-18)24-28-25-27-20-9-6-10-21(31)22(20)23(30(25)29-24)17-7-5-8-19(15-17)32-4/h5,7-8,11-15,23H,6,9-10H2,1-4H3,(H,27,28,29). The fourth-order valence-electron chi connectivity index (χ4n) is 4.52. The van der Waals surface area contributed by atoms with Gasteiger partial charge < -0.3 is 10.1 Å². The first-order valence-electron chi connectivity index (χ1n) is 11.1. The van der Waals surface area contributed by atoms with Crippen LogP contribution in [0, 0.1) is 0 Å². The first-order valence-corrected chi connectivity index (χ1v) is 11.1. The highest BCUT2D eigenvalue weighted by Crippen LogP contribution is 2.41. The van der Waals surface area contributed by atoms with E-state index in [0.29, 0.717) is 18.2 Å². The normalized spacial score (nSPS) is 18.1. The second-order valence-electron chi connectivity index (χ2n) is 9.50. The van der Waals surface area contributed by atoms with E-state index < -0.39 is 0 Å². The highest BCUT2D eigenvalue weighted by atomic mass is 16.5. The lowest BCUT2D eigenvalue weighted by Gasteiger charge is -2.32. The molecule has 5 rings (SSSR count). The number of hydrogen-bond donors (Lipinski definition) is 1. The number of fused-ring (bicyclic) bond motifs is 1. The van der Waals surface area contributed by atoms with Crippen LogP contribution in [0.3, 0.4) is 0 Å². The second kappa shape index (κ2) is 7.62. The van der Waals surface area contributed by atoms with Crippen LogP contribution in [0.4, 0.5) is 5.95 Å².